The van der Waals surface area contributed by atoms with E-state index in [1.165, 1.54) is 6.20 Å². The molecule has 2 amide bonds. The van der Waals surface area contributed by atoms with Gasteiger partial charge in [-0.3, -0.25) is 0 Å². The third-order valence-electron chi connectivity index (χ3n) is 6.09. The van der Waals surface area contributed by atoms with E-state index in [0.717, 1.165) is 35.1 Å². The number of aromatic nitrogens is 2. The van der Waals surface area contributed by atoms with E-state index in [0.29, 0.717) is 33.7 Å². The second-order valence-corrected chi connectivity index (χ2v) is 12.2. The van der Waals surface area contributed by atoms with E-state index in [1.54, 1.807) is 18.2 Å². The molecule has 0 atom stereocenters. The zero-order valence-electron chi connectivity index (χ0n) is 21.4. The van der Waals surface area contributed by atoms with Crippen molar-refractivity contribution in [3.63, 3.8) is 0 Å². The minimum atomic E-state index is -0.649. The van der Waals surface area contributed by atoms with Crippen LogP contribution in [0.15, 0.2) is 72.9 Å². The first-order chi connectivity index (χ1) is 18.9. The van der Waals surface area contributed by atoms with Crippen molar-refractivity contribution in [1.82, 2.24) is 23.9 Å². The van der Waals surface area contributed by atoms with Crippen LogP contribution in [0.3, 0.4) is 0 Å². The number of hydrogen-bond acceptors (Lipinski definition) is 5. The predicted octanol–water partition coefficient (Wildman–Crippen LogP) is 2.08. The van der Waals surface area contributed by atoms with Gasteiger partial charge in [0.15, 0.2) is 0 Å². The number of piperidine rings is 1. The number of rotatable bonds is 8. The number of benzene rings is 1. The Morgan fingerprint density at radius 1 is 1.00 bits per heavy atom. The van der Waals surface area contributed by atoms with Gasteiger partial charge in [-0.25, -0.2) is 0 Å². The maximum absolute atomic E-state index is 13.0. The molecule has 11 heteroatoms. The second-order valence-electron chi connectivity index (χ2n) is 9.08. The number of nitrogens with zero attached hydrogens (tertiary/aromatic N) is 2. The van der Waals surface area contributed by atoms with Gasteiger partial charge in [-0.05, 0) is 12.1 Å². The number of hydrogen-bond donors (Lipinski definition) is 4. The third-order valence-corrected chi connectivity index (χ3v) is 8.94. The molecule has 1 fully saturated rings. The van der Waals surface area contributed by atoms with Crippen molar-refractivity contribution in [1.29, 1.82) is 0 Å². The quantitative estimate of drug-likeness (QED) is 0.216. The van der Waals surface area contributed by atoms with Crippen LogP contribution in [0.1, 0.15) is 28.9 Å². The van der Waals surface area contributed by atoms with Crippen molar-refractivity contribution >= 4 is 46.4 Å². The Morgan fingerprint density at radius 2 is 1.72 bits per heavy atom. The van der Waals surface area contributed by atoms with Crippen molar-refractivity contribution in [2.45, 2.75) is 25.8 Å². The summed E-state index contributed by atoms with van der Waals surface area (Å²) < 4.78 is 4.26. The summed E-state index contributed by atoms with van der Waals surface area (Å²) in [5.74, 6) is -0.236. The Balaban J connectivity index is 1.24. The number of carbonyl (C=O) groups is 2. The summed E-state index contributed by atoms with van der Waals surface area (Å²) in [5.41, 5.74) is 2.46. The van der Waals surface area contributed by atoms with Gasteiger partial charge in [-0.1, -0.05) is 29.3 Å². The van der Waals surface area contributed by atoms with Crippen LogP contribution >= 0.6 is 23.2 Å². The number of likely N-dealkylation sites (tertiary alicyclic amines) is 1. The number of nitrogens with one attached hydrogen (secondary N) is 4. The van der Waals surface area contributed by atoms with Gasteiger partial charge in [0.05, 0.1) is 15.7 Å². The number of para-hydroxylation sites is 1. The van der Waals surface area contributed by atoms with Gasteiger partial charge in [0.2, 0.25) is 0 Å². The van der Waals surface area contributed by atoms with Crippen LogP contribution in [-0.4, -0.2) is 52.6 Å². The zero-order chi connectivity index (χ0) is 27.6. The molecular formula is C28H30Cl2IN6O2-. The summed E-state index contributed by atoms with van der Waals surface area (Å²) >= 11 is 11.9. The number of carbonyl (C=O) groups excluding carboxylic acids is 2. The molecular weight excluding hydrogens is 650 g/mol. The van der Waals surface area contributed by atoms with Crippen LogP contribution in [0.2, 0.25) is 10.0 Å². The average Bonchev–Trinajstić information content (AvgIpc) is 3.39. The van der Waals surface area contributed by atoms with Crippen molar-refractivity contribution in [2.24, 2.45) is 0 Å². The summed E-state index contributed by atoms with van der Waals surface area (Å²) in [6, 6.07) is 21.4. The number of halogens is 3. The molecule has 4 rings (SSSR count). The molecule has 2 aromatic carbocycles. The van der Waals surface area contributed by atoms with Gasteiger partial charge in [0, 0.05) is 0 Å². The number of anilines is 2. The fourth-order valence-corrected chi connectivity index (χ4v) is 6.03. The van der Waals surface area contributed by atoms with Crippen LogP contribution in [0.5, 0.6) is 0 Å². The topological polar surface area (TPSA) is 102 Å². The summed E-state index contributed by atoms with van der Waals surface area (Å²) in [6.07, 6.45) is 3.02. The van der Waals surface area contributed by atoms with Crippen LogP contribution in [-0.2, 0) is 4.79 Å². The van der Waals surface area contributed by atoms with Crippen molar-refractivity contribution in [3.8, 4) is 0 Å². The third kappa shape index (κ3) is 8.82. The van der Waals surface area contributed by atoms with Crippen molar-refractivity contribution in [2.75, 3.05) is 25.0 Å². The molecule has 1 saturated heterocycles. The molecule has 4 N–H and O–H groups in total. The first-order valence-electron chi connectivity index (χ1n) is 12.5. The van der Waals surface area contributed by atoms with E-state index >= 15 is 0 Å². The van der Waals surface area contributed by atoms with Gasteiger partial charge >= 0.3 is 193 Å². The first kappa shape index (κ1) is 29.1. The fraction of sp³-hybridized carbons (Fsp3) is 0.250. The zero-order valence-corrected chi connectivity index (χ0v) is 25.1. The second kappa shape index (κ2) is 14.5. The minimum absolute atomic E-state index is 0.000323. The van der Waals surface area contributed by atoms with Gasteiger partial charge in [0.1, 0.15) is 0 Å². The summed E-state index contributed by atoms with van der Waals surface area (Å²) in [7, 11) is 0. The standard InChI is InChI=1S/C28H30Cl2IN6O2/c1-19-7-4-2-3-5-8-20(12-11-19)31-35-25(38)18-37-15-13-21(14-16-37)33-28(39)27-24(17-32-36-27)34-26-22(29)9-6-10-23(26)30/h2-12,17,21,34H,13-16,18H2,1H3,(H,32,36)(H,33,39)(H,35,38)/q-1. The molecule has 8 nitrogen and oxygen atoms in total. The molecule has 0 spiro atoms. The van der Waals surface area contributed by atoms with Gasteiger partial charge in [0.25, 0.3) is 0 Å². The van der Waals surface area contributed by atoms with E-state index in [9.17, 15) is 9.59 Å². The Hall–Kier alpha value is -2.86. The number of aromatic amines is 1. The predicted molar refractivity (Wildman–Crippen MR) is 151 cm³/mol. The summed E-state index contributed by atoms with van der Waals surface area (Å²) in [5, 5.41) is 13.8. The van der Waals surface area contributed by atoms with E-state index in [1.807, 2.05) is 43.3 Å². The van der Waals surface area contributed by atoms with Crippen molar-refractivity contribution < 1.29 is 31.1 Å². The molecule has 1 aliphatic rings. The Morgan fingerprint density at radius 3 is 2.46 bits per heavy atom. The Bertz CT molecular complexity index is 1340. The van der Waals surface area contributed by atoms with Crippen LogP contribution in [0.4, 0.5) is 11.4 Å². The number of aryl methyl sites for hydroxylation is 1. The SMILES string of the molecule is Cc1ccccccc([I-]NC(=O)CN2CCC(NC(=O)c3[nH]ncc3Nc3c(Cl)cccc3Cl)CC2)cc1. The molecule has 1 aliphatic heterocycles. The molecule has 2 heterocycles. The van der Waals surface area contributed by atoms with Gasteiger partial charge < -0.3 is 0 Å². The summed E-state index contributed by atoms with van der Waals surface area (Å²) in [6.45, 7) is 3.85. The van der Waals surface area contributed by atoms with E-state index in [4.69, 9.17) is 23.2 Å². The van der Waals surface area contributed by atoms with E-state index < -0.39 is 21.5 Å². The summed E-state index contributed by atoms with van der Waals surface area (Å²) in [4.78, 5) is 27.7. The number of H-pyrrole nitrogens is 1. The monoisotopic (exact) mass is 679 g/mol. The first-order valence-corrected chi connectivity index (χ1v) is 15.4. The molecule has 0 radical (unpaired) electrons. The van der Waals surface area contributed by atoms with E-state index in [-0.39, 0.29) is 17.9 Å². The molecule has 3 aromatic rings. The van der Waals surface area contributed by atoms with Gasteiger partial charge in [-0.15, -0.1) is 0 Å². The Labute approximate surface area is 248 Å². The molecule has 206 valence electrons. The van der Waals surface area contributed by atoms with Crippen LogP contribution in [0, 0.1) is 10.5 Å². The maximum atomic E-state index is 13.0. The normalized spacial score (nSPS) is 13.9. The molecule has 39 heavy (non-hydrogen) atoms. The molecule has 0 saturated carbocycles. The van der Waals surface area contributed by atoms with Gasteiger partial charge in [-0.2, -0.15) is 0 Å². The van der Waals surface area contributed by atoms with Crippen LogP contribution in [0.25, 0.3) is 0 Å². The number of amides is 2. The molecule has 1 aromatic heterocycles. The van der Waals surface area contributed by atoms with E-state index in [2.05, 4.69) is 41.4 Å². The fourth-order valence-electron chi connectivity index (χ4n) is 4.01. The van der Waals surface area contributed by atoms with Crippen LogP contribution < -0.4 is 35.6 Å². The molecule has 0 unspecified atom stereocenters. The molecule has 0 bridgehead atoms. The Kier molecular flexibility index (Phi) is 10.8. The van der Waals surface area contributed by atoms with Crippen molar-refractivity contribution in [3.05, 3.63) is 97.8 Å². The average molecular weight is 680 g/mol. The molecule has 0 aliphatic carbocycles.